The van der Waals surface area contributed by atoms with Gasteiger partial charge in [0.25, 0.3) is 0 Å². The summed E-state index contributed by atoms with van der Waals surface area (Å²) in [6.45, 7) is -1.65. The SMILES string of the molecule is COC(=O)c1[nH]c(C=NCO)c(-c2ccc(CO)c(CO)c2CO)c1C(O)C1CC1. The Labute approximate surface area is 173 Å². The van der Waals surface area contributed by atoms with Crippen LogP contribution in [0, 0.1) is 5.92 Å². The van der Waals surface area contributed by atoms with Crippen molar-refractivity contribution in [1.29, 1.82) is 0 Å². The molecule has 1 unspecified atom stereocenters. The first-order chi connectivity index (χ1) is 14.5. The van der Waals surface area contributed by atoms with Crippen molar-refractivity contribution in [2.24, 2.45) is 10.9 Å². The van der Waals surface area contributed by atoms with Crippen LogP contribution in [0.3, 0.4) is 0 Å². The van der Waals surface area contributed by atoms with Crippen LogP contribution in [0.4, 0.5) is 0 Å². The number of esters is 1. The molecule has 1 atom stereocenters. The predicted octanol–water partition coefficient (Wildman–Crippen LogP) is 0.757. The van der Waals surface area contributed by atoms with Gasteiger partial charge in [0.15, 0.2) is 0 Å². The summed E-state index contributed by atoms with van der Waals surface area (Å²) in [4.78, 5) is 19.2. The Hall–Kier alpha value is -2.56. The van der Waals surface area contributed by atoms with Gasteiger partial charge in [-0.25, -0.2) is 4.79 Å². The maximum absolute atomic E-state index is 12.4. The molecule has 1 saturated carbocycles. The molecule has 0 saturated heterocycles. The summed E-state index contributed by atoms with van der Waals surface area (Å²) in [6.07, 6.45) is 2.00. The van der Waals surface area contributed by atoms with Crippen molar-refractivity contribution in [2.75, 3.05) is 13.8 Å². The maximum Gasteiger partial charge on any atom is 0.354 e. The Morgan fingerprint density at radius 2 is 1.90 bits per heavy atom. The molecule has 1 aliphatic rings. The average molecular weight is 418 g/mol. The van der Waals surface area contributed by atoms with E-state index in [1.54, 1.807) is 12.1 Å². The maximum atomic E-state index is 12.4. The molecular weight excluding hydrogens is 392 g/mol. The molecule has 6 N–H and O–H groups in total. The molecule has 0 aliphatic heterocycles. The normalized spacial score (nSPS) is 15.0. The number of hydrogen-bond acceptors (Lipinski definition) is 8. The molecule has 2 aromatic rings. The van der Waals surface area contributed by atoms with Crippen molar-refractivity contribution in [3.05, 3.63) is 45.8 Å². The Morgan fingerprint density at radius 1 is 1.20 bits per heavy atom. The van der Waals surface area contributed by atoms with Gasteiger partial charge in [-0.3, -0.25) is 4.99 Å². The van der Waals surface area contributed by atoms with E-state index < -0.39 is 32.0 Å². The number of aliphatic imine (C=N–C) groups is 1. The molecule has 3 rings (SSSR count). The van der Waals surface area contributed by atoms with Crippen LogP contribution in [-0.4, -0.2) is 56.5 Å². The molecule has 1 heterocycles. The lowest BCUT2D eigenvalue weighted by Crippen LogP contribution is -2.11. The summed E-state index contributed by atoms with van der Waals surface area (Å²) in [5.74, 6) is -0.688. The van der Waals surface area contributed by atoms with E-state index in [0.717, 1.165) is 12.8 Å². The van der Waals surface area contributed by atoms with Crippen LogP contribution < -0.4 is 0 Å². The van der Waals surface area contributed by atoms with Gasteiger partial charge >= 0.3 is 5.97 Å². The highest BCUT2D eigenvalue weighted by atomic mass is 16.5. The van der Waals surface area contributed by atoms with Crippen molar-refractivity contribution in [1.82, 2.24) is 4.98 Å². The van der Waals surface area contributed by atoms with Crippen molar-refractivity contribution in [3.63, 3.8) is 0 Å². The zero-order valence-electron chi connectivity index (χ0n) is 16.6. The number of nitrogens with one attached hydrogen (secondary N) is 1. The number of aliphatic hydroxyl groups excluding tert-OH is 5. The lowest BCUT2D eigenvalue weighted by atomic mass is 9.88. The number of aliphatic hydroxyl groups is 5. The largest absolute Gasteiger partial charge is 0.464 e. The van der Waals surface area contributed by atoms with Crippen LogP contribution in [0.1, 0.15) is 57.4 Å². The summed E-state index contributed by atoms with van der Waals surface area (Å²) < 4.78 is 4.88. The monoisotopic (exact) mass is 418 g/mol. The standard InChI is InChI=1S/C21H26N2O7/c1-30-21(29)19-18(20(28)11-2-3-11)17(16(23-19)6-22-10-27)13-5-4-12(7-24)14(8-25)15(13)9-26/h4-6,11,20,23-28H,2-3,7-10H2,1H3. The topological polar surface area (TPSA) is 156 Å². The molecule has 0 amide bonds. The number of aromatic nitrogens is 1. The average Bonchev–Trinajstić information content (AvgIpc) is 3.56. The van der Waals surface area contributed by atoms with E-state index in [-0.39, 0.29) is 18.2 Å². The number of H-pyrrole nitrogens is 1. The van der Waals surface area contributed by atoms with Gasteiger partial charge in [0.1, 0.15) is 12.4 Å². The molecule has 9 heteroatoms. The molecule has 162 valence electrons. The lowest BCUT2D eigenvalue weighted by molar-refractivity contribution is 0.0585. The third-order valence-corrected chi connectivity index (χ3v) is 5.41. The minimum absolute atomic E-state index is 0.0165. The quantitative estimate of drug-likeness (QED) is 0.259. The molecular formula is C21H26N2O7. The molecule has 1 aromatic heterocycles. The third kappa shape index (κ3) is 4.03. The fraction of sp³-hybridized carbons (Fsp3) is 0.429. The smallest absolute Gasteiger partial charge is 0.354 e. The number of aromatic amines is 1. The number of rotatable bonds is 9. The Balaban J connectivity index is 2.36. The molecule has 1 aliphatic carbocycles. The number of ether oxygens (including phenoxy) is 1. The molecule has 30 heavy (non-hydrogen) atoms. The minimum atomic E-state index is -0.955. The summed E-state index contributed by atoms with van der Waals surface area (Å²) in [6, 6.07) is 3.27. The molecule has 0 bridgehead atoms. The Morgan fingerprint density at radius 3 is 2.43 bits per heavy atom. The van der Waals surface area contributed by atoms with Crippen LogP contribution in [0.5, 0.6) is 0 Å². The van der Waals surface area contributed by atoms with Crippen LogP contribution in [0.2, 0.25) is 0 Å². The van der Waals surface area contributed by atoms with Crippen LogP contribution >= 0.6 is 0 Å². The van der Waals surface area contributed by atoms with Crippen molar-refractivity contribution in [3.8, 4) is 11.1 Å². The van der Waals surface area contributed by atoms with Crippen LogP contribution in [0.15, 0.2) is 17.1 Å². The van der Waals surface area contributed by atoms with Gasteiger partial charge in [-0.05, 0) is 41.0 Å². The summed E-state index contributed by atoms with van der Waals surface area (Å²) in [5.41, 5.74) is 2.82. The first kappa shape index (κ1) is 22.1. The van der Waals surface area contributed by atoms with Gasteiger partial charge in [0.05, 0.1) is 38.7 Å². The molecule has 1 fully saturated rings. The van der Waals surface area contributed by atoms with E-state index in [1.165, 1.54) is 13.3 Å². The number of methoxy groups -OCH3 is 1. The summed E-state index contributed by atoms with van der Waals surface area (Å²) in [7, 11) is 1.23. The zero-order chi connectivity index (χ0) is 21.8. The van der Waals surface area contributed by atoms with Crippen molar-refractivity contribution in [2.45, 2.75) is 38.8 Å². The first-order valence-corrected chi connectivity index (χ1v) is 9.61. The van der Waals surface area contributed by atoms with E-state index in [0.29, 0.717) is 39.1 Å². The van der Waals surface area contributed by atoms with E-state index in [2.05, 4.69) is 9.98 Å². The fourth-order valence-electron chi connectivity index (χ4n) is 3.76. The second-order valence-corrected chi connectivity index (χ2v) is 7.13. The second-order valence-electron chi connectivity index (χ2n) is 7.13. The fourth-order valence-corrected chi connectivity index (χ4v) is 3.76. The highest BCUT2D eigenvalue weighted by Crippen LogP contribution is 2.47. The van der Waals surface area contributed by atoms with Gasteiger partial charge in [0, 0.05) is 17.3 Å². The molecule has 1 aromatic carbocycles. The van der Waals surface area contributed by atoms with Crippen LogP contribution in [0.25, 0.3) is 11.1 Å². The first-order valence-electron chi connectivity index (χ1n) is 9.61. The van der Waals surface area contributed by atoms with E-state index in [1.807, 2.05) is 0 Å². The number of benzene rings is 1. The van der Waals surface area contributed by atoms with Crippen molar-refractivity contribution < 1.29 is 35.1 Å². The Bertz CT molecular complexity index is 947. The van der Waals surface area contributed by atoms with Crippen molar-refractivity contribution >= 4 is 12.2 Å². The van der Waals surface area contributed by atoms with Gasteiger partial charge in [-0.2, -0.15) is 0 Å². The minimum Gasteiger partial charge on any atom is -0.464 e. The lowest BCUT2D eigenvalue weighted by Gasteiger charge is -2.19. The Kier molecular flexibility index (Phi) is 7.01. The predicted molar refractivity (Wildman–Crippen MR) is 108 cm³/mol. The van der Waals surface area contributed by atoms with Gasteiger partial charge < -0.3 is 35.3 Å². The van der Waals surface area contributed by atoms with Gasteiger partial charge in [-0.15, -0.1) is 0 Å². The van der Waals surface area contributed by atoms with Gasteiger partial charge in [-0.1, -0.05) is 12.1 Å². The second kappa shape index (κ2) is 9.50. The van der Waals surface area contributed by atoms with E-state index in [4.69, 9.17) is 9.84 Å². The van der Waals surface area contributed by atoms with E-state index >= 15 is 0 Å². The number of carbonyl (C=O) groups is 1. The number of nitrogens with zero attached hydrogens (tertiary/aromatic N) is 1. The highest BCUT2D eigenvalue weighted by Gasteiger charge is 2.38. The number of hydrogen-bond donors (Lipinski definition) is 6. The molecule has 9 nitrogen and oxygen atoms in total. The van der Waals surface area contributed by atoms with E-state index in [9.17, 15) is 25.2 Å². The number of carbonyl (C=O) groups excluding carboxylic acids is 1. The van der Waals surface area contributed by atoms with Crippen LogP contribution in [-0.2, 0) is 24.6 Å². The van der Waals surface area contributed by atoms with Gasteiger partial charge in [0.2, 0.25) is 0 Å². The molecule has 0 radical (unpaired) electrons. The zero-order valence-corrected chi connectivity index (χ0v) is 16.6. The summed E-state index contributed by atoms with van der Waals surface area (Å²) in [5, 5.41) is 49.6. The third-order valence-electron chi connectivity index (χ3n) is 5.41. The highest BCUT2D eigenvalue weighted by molar-refractivity contribution is 5.99. The summed E-state index contributed by atoms with van der Waals surface area (Å²) >= 11 is 0. The molecule has 0 spiro atoms.